The summed E-state index contributed by atoms with van der Waals surface area (Å²) in [5, 5.41) is 0. The fourth-order valence-electron chi connectivity index (χ4n) is 3.03. The Kier molecular flexibility index (Phi) is 4.35. The van der Waals surface area contributed by atoms with Crippen molar-refractivity contribution >= 4 is 15.9 Å². The van der Waals surface area contributed by atoms with Gasteiger partial charge in [-0.3, -0.25) is 0 Å². The summed E-state index contributed by atoms with van der Waals surface area (Å²) in [6, 6.07) is 2.18. The number of rotatable bonds is 3. The van der Waals surface area contributed by atoms with E-state index in [4.69, 9.17) is 10.5 Å². The number of alkyl halides is 3. The molecule has 112 valence electrons. The molecule has 1 aliphatic carbocycles. The lowest BCUT2D eigenvalue weighted by atomic mass is 9.78. The topological polar surface area (TPSA) is 35.2 Å². The maximum Gasteiger partial charge on any atom is 0.416 e. The minimum absolute atomic E-state index is 0.263. The van der Waals surface area contributed by atoms with Gasteiger partial charge in [0.15, 0.2) is 0 Å². The van der Waals surface area contributed by atoms with Crippen LogP contribution in [-0.4, -0.2) is 13.7 Å². The van der Waals surface area contributed by atoms with Crippen molar-refractivity contribution in [1.82, 2.24) is 0 Å². The Bertz CT molecular complexity index is 496. The van der Waals surface area contributed by atoms with Crippen LogP contribution in [0.15, 0.2) is 16.6 Å². The van der Waals surface area contributed by atoms with Gasteiger partial charge in [-0.2, -0.15) is 13.2 Å². The summed E-state index contributed by atoms with van der Waals surface area (Å²) in [5.41, 5.74) is 5.69. The zero-order chi connectivity index (χ0) is 15.0. The van der Waals surface area contributed by atoms with Gasteiger partial charge in [0.1, 0.15) is 5.75 Å². The highest BCUT2D eigenvalue weighted by molar-refractivity contribution is 9.10. The lowest BCUT2D eigenvalue weighted by molar-refractivity contribution is -0.137. The molecule has 0 heterocycles. The van der Waals surface area contributed by atoms with E-state index in [0.29, 0.717) is 11.0 Å². The zero-order valence-electron chi connectivity index (χ0n) is 11.2. The lowest BCUT2D eigenvalue weighted by Crippen LogP contribution is -2.33. The monoisotopic (exact) mass is 351 g/mol. The molecule has 1 aromatic rings. The van der Waals surface area contributed by atoms with Crippen molar-refractivity contribution in [2.75, 3.05) is 13.7 Å². The number of hydrogen-bond acceptors (Lipinski definition) is 2. The Labute approximate surface area is 124 Å². The van der Waals surface area contributed by atoms with Gasteiger partial charge in [-0.1, -0.05) is 28.8 Å². The second-order valence-corrected chi connectivity index (χ2v) is 6.08. The molecule has 1 saturated carbocycles. The summed E-state index contributed by atoms with van der Waals surface area (Å²) in [6.45, 7) is 0.410. The summed E-state index contributed by atoms with van der Waals surface area (Å²) in [7, 11) is 1.39. The van der Waals surface area contributed by atoms with E-state index in [1.807, 2.05) is 0 Å². The first kappa shape index (κ1) is 15.6. The first-order valence-corrected chi connectivity index (χ1v) is 7.28. The molecule has 2 N–H and O–H groups in total. The van der Waals surface area contributed by atoms with Gasteiger partial charge < -0.3 is 10.5 Å². The van der Waals surface area contributed by atoms with Gasteiger partial charge >= 0.3 is 6.18 Å². The Morgan fingerprint density at radius 3 is 2.35 bits per heavy atom. The van der Waals surface area contributed by atoms with Crippen molar-refractivity contribution in [2.24, 2.45) is 5.73 Å². The molecule has 2 nitrogen and oxygen atoms in total. The predicted octanol–water partition coefficient (Wildman–Crippen LogP) is 4.25. The average Bonchev–Trinajstić information content (AvgIpc) is 2.86. The molecular weight excluding hydrogens is 335 g/mol. The van der Waals surface area contributed by atoms with Crippen LogP contribution in [-0.2, 0) is 11.6 Å². The molecule has 1 aliphatic rings. The third kappa shape index (κ3) is 2.68. The quantitative estimate of drug-likeness (QED) is 0.883. The van der Waals surface area contributed by atoms with Crippen molar-refractivity contribution in [3.63, 3.8) is 0 Å². The highest BCUT2D eigenvalue weighted by Crippen LogP contribution is 2.48. The summed E-state index contributed by atoms with van der Waals surface area (Å²) in [6.07, 6.45) is -0.560. The van der Waals surface area contributed by atoms with Crippen LogP contribution in [0.25, 0.3) is 0 Å². The van der Waals surface area contributed by atoms with E-state index in [1.54, 1.807) is 0 Å². The van der Waals surface area contributed by atoms with Gasteiger partial charge in [0.05, 0.1) is 12.7 Å². The van der Waals surface area contributed by atoms with Gasteiger partial charge in [-0.15, -0.1) is 0 Å². The molecule has 0 unspecified atom stereocenters. The van der Waals surface area contributed by atoms with Crippen molar-refractivity contribution in [3.05, 3.63) is 27.7 Å². The van der Waals surface area contributed by atoms with Crippen LogP contribution in [0, 0.1) is 0 Å². The highest BCUT2D eigenvalue weighted by atomic mass is 79.9. The van der Waals surface area contributed by atoms with E-state index in [9.17, 15) is 13.2 Å². The molecule has 2 rings (SSSR count). The first-order chi connectivity index (χ1) is 9.34. The number of ether oxygens (including phenoxy) is 1. The summed E-state index contributed by atoms with van der Waals surface area (Å²) in [5.74, 6) is 0.263. The minimum atomic E-state index is -4.39. The Balaban J connectivity index is 2.59. The summed E-state index contributed by atoms with van der Waals surface area (Å²) < 4.78 is 44.3. The third-order valence-electron chi connectivity index (χ3n) is 4.08. The van der Waals surface area contributed by atoms with Crippen LogP contribution in [0.1, 0.15) is 36.8 Å². The first-order valence-electron chi connectivity index (χ1n) is 6.49. The Morgan fingerprint density at radius 1 is 1.30 bits per heavy atom. The largest absolute Gasteiger partial charge is 0.496 e. The number of halogens is 4. The van der Waals surface area contributed by atoms with Gasteiger partial charge in [-0.25, -0.2) is 0 Å². The molecule has 0 spiro atoms. The Hall–Kier alpha value is -0.750. The molecule has 0 aliphatic heterocycles. The van der Waals surface area contributed by atoms with Crippen molar-refractivity contribution in [3.8, 4) is 5.75 Å². The maximum atomic E-state index is 12.9. The number of nitrogens with two attached hydrogens (primary N) is 1. The minimum Gasteiger partial charge on any atom is -0.496 e. The van der Waals surface area contributed by atoms with Crippen LogP contribution in [0.5, 0.6) is 5.75 Å². The number of benzene rings is 1. The van der Waals surface area contributed by atoms with Crippen molar-refractivity contribution in [1.29, 1.82) is 0 Å². The molecule has 1 aromatic carbocycles. The summed E-state index contributed by atoms with van der Waals surface area (Å²) >= 11 is 3.28. The molecule has 20 heavy (non-hydrogen) atoms. The van der Waals surface area contributed by atoms with Crippen LogP contribution < -0.4 is 10.5 Å². The van der Waals surface area contributed by atoms with E-state index < -0.39 is 11.7 Å². The van der Waals surface area contributed by atoms with E-state index in [-0.39, 0.29) is 11.2 Å². The van der Waals surface area contributed by atoms with E-state index in [1.165, 1.54) is 7.11 Å². The molecule has 0 amide bonds. The predicted molar refractivity (Wildman–Crippen MR) is 74.9 cm³/mol. The fourth-order valence-corrected chi connectivity index (χ4v) is 3.89. The van der Waals surface area contributed by atoms with Gasteiger partial charge in [0.2, 0.25) is 0 Å². The Morgan fingerprint density at radius 2 is 1.90 bits per heavy atom. The standard InChI is InChI=1S/C14H17BrF3NO/c1-20-11-7-9(14(16,17)18)6-10(15)12(11)13(8-19)4-2-3-5-13/h6-7H,2-5,8,19H2,1H3. The smallest absolute Gasteiger partial charge is 0.416 e. The highest BCUT2D eigenvalue weighted by Gasteiger charge is 2.40. The van der Waals surface area contributed by atoms with E-state index in [2.05, 4.69) is 15.9 Å². The third-order valence-corrected chi connectivity index (χ3v) is 4.71. The van der Waals surface area contributed by atoms with Crippen LogP contribution in [0.3, 0.4) is 0 Å². The van der Waals surface area contributed by atoms with Crippen LogP contribution in [0.2, 0.25) is 0 Å². The van der Waals surface area contributed by atoms with Gasteiger partial charge in [-0.05, 0) is 25.0 Å². The van der Waals surface area contributed by atoms with E-state index in [0.717, 1.165) is 43.4 Å². The average molecular weight is 352 g/mol. The molecule has 0 atom stereocenters. The van der Waals surface area contributed by atoms with Gasteiger partial charge in [0, 0.05) is 22.0 Å². The molecular formula is C14H17BrF3NO. The second-order valence-electron chi connectivity index (χ2n) is 5.22. The maximum absolute atomic E-state index is 12.9. The van der Waals surface area contributed by atoms with Crippen LogP contribution in [0.4, 0.5) is 13.2 Å². The van der Waals surface area contributed by atoms with Crippen molar-refractivity contribution in [2.45, 2.75) is 37.3 Å². The van der Waals surface area contributed by atoms with E-state index >= 15 is 0 Å². The normalized spacial score (nSPS) is 18.3. The molecule has 0 aromatic heterocycles. The summed E-state index contributed by atoms with van der Waals surface area (Å²) in [4.78, 5) is 0. The molecule has 0 radical (unpaired) electrons. The number of hydrogen-bond donors (Lipinski definition) is 1. The number of methoxy groups -OCH3 is 1. The SMILES string of the molecule is COc1cc(C(F)(F)F)cc(Br)c1C1(CN)CCCC1. The lowest BCUT2D eigenvalue weighted by Gasteiger charge is -2.31. The fraction of sp³-hybridized carbons (Fsp3) is 0.571. The van der Waals surface area contributed by atoms with Crippen LogP contribution >= 0.6 is 15.9 Å². The molecule has 0 bridgehead atoms. The molecule has 0 saturated heterocycles. The molecule has 6 heteroatoms. The van der Waals surface area contributed by atoms with Crippen molar-refractivity contribution < 1.29 is 17.9 Å². The zero-order valence-corrected chi connectivity index (χ0v) is 12.8. The van der Waals surface area contributed by atoms with Gasteiger partial charge in [0.25, 0.3) is 0 Å². The molecule has 1 fully saturated rings. The second kappa shape index (κ2) is 5.56.